The van der Waals surface area contributed by atoms with E-state index in [1.165, 1.54) is 0 Å². The maximum absolute atomic E-state index is 12.8. The molecule has 1 amide bonds. The number of amides is 1. The lowest BCUT2D eigenvalue weighted by Crippen LogP contribution is -1.99. The van der Waals surface area contributed by atoms with Gasteiger partial charge >= 0.3 is 0 Å². The minimum Gasteiger partial charge on any atom is -0.497 e. The van der Waals surface area contributed by atoms with Crippen molar-refractivity contribution in [2.45, 2.75) is 13.8 Å². The molecule has 0 fully saturated rings. The lowest BCUT2D eigenvalue weighted by atomic mass is 10.1. The third kappa shape index (κ3) is 3.07. The second-order valence-corrected chi connectivity index (χ2v) is 6.57. The summed E-state index contributed by atoms with van der Waals surface area (Å²) in [4.78, 5) is 20.1. The highest BCUT2D eigenvalue weighted by Gasteiger charge is 2.15. The van der Waals surface area contributed by atoms with Crippen molar-refractivity contribution in [3.63, 3.8) is 0 Å². The number of carbonyl (C=O) groups is 1. The van der Waals surface area contributed by atoms with Gasteiger partial charge in [-0.3, -0.25) is 9.78 Å². The number of fused-ring (bicyclic) bond motifs is 2. The molecular formula is C21H18N4O3. The Morgan fingerprint density at radius 3 is 2.71 bits per heavy atom. The Labute approximate surface area is 160 Å². The molecule has 0 atom stereocenters. The average Bonchev–Trinajstić information content (AvgIpc) is 2.99. The highest BCUT2D eigenvalue weighted by molar-refractivity contribution is 6.07. The number of aromatic hydroxyl groups is 1. The quantitative estimate of drug-likeness (QED) is 0.494. The molecule has 2 aromatic heterocycles. The second kappa shape index (κ2) is 6.77. The van der Waals surface area contributed by atoms with E-state index in [1.807, 2.05) is 32.0 Å². The van der Waals surface area contributed by atoms with E-state index in [9.17, 15) is 9.90 Å². The van der Waals surface area contributed by atoms with E-state index in [-0.39, 0.29) is 11.6 Å². The van der Waals surface area contributed by atoms with Crippen LogP contribution in [0.2, 0.25) is 0 Å². The number of aromatic amines is 1. The van der Waals surface area contributed by atoms with Gasteiger partial charge in [-0.2, -0.15) is 0 Å². The maximum Gasteiger partial charge on any atom is 0.296 e. The van der Waals surface area contributed by atoms with Crippen molar-refractivity contribution in [1.82, 2.24) is 9.97 Å². The first kappa shape index (κ1) is 17.7. The van der Waals surface area contributed by atoms with Gasteiger partial charge in [-0.05, 0) is 50.2 Å². The summed E-state index contributed by atoms with van der Waals surface area (Å²) in [7, 11) is 1.56. The van der Waals surface area contributed by atoms with Crippen LogP contribution in [0, 0.1) is 13.8 Å². The van der Waals surface area contributed by atoms with Gasteiger partial charge in [0, 0.05) is 16.5 Å². The minimum absolute atomic E-state index is 0.130. The SMILES string of the molecule is COc1ccc2nc(C)cc(C(=O)N=Nc3c(O)[nH]c4ccc(C)cc34)c2c1. The number of nitrogens with one attached hydrogen (secondary N) is 1. The number of benzene rings is 2. The van der Waals surface area contributed by atoms with Crippen LogP contribution in [-0.4, -0.2) is 28.1 Å². The number of nitrogens with zero attached hydrogens (tertiary/aromatic N) is 3. The van der Waals surface area contributed by atoms with Crippen molar-refractivity contribution in [2.75, 3.05) is 7.11 Å². The summed E-state index contributed by atoms with van der Waals surface area (Å²) in [5, 5.41) is 19.4. The van der Waals surface area contributed by atoms with Gasteiger partial charge < -0.3 is 14.8 Å². The van der Waals surface area contributed by atoms with Crippen LogP contribution >= 0.6 is 0 Å². The van der Waals surface area contributed by atoms with Gasteiger partial charge in [-0.1, -0.05) is 11.6 Å². The zero-order valence-electron chi connectivity index (χ0n) is 15.6. The summed E-state index contributed by atoms with van der Waals surface area (Å²) in [5.74, 6) is -0.0337. The molecule has 0 unspecified atom stereocenters. The van der Waals surface area contributed by atoms with Crippen molar-refractivity contribution in [3.05, 3.63) is 59.3 Å². The Hall–Kier alpha value is -3.74. The van der Waals surface area contributed by atoms with Gasteiger partial charge in [-0.15, -0.1) is 10.2 Å². The molecule has 28 heavy (non-hydrogen) atoms. The lowest BCUT2D eigenvalue weighted by molar-refractivity contribution is 0.0996. The molecule has 0 saturated heterocycles. The van der Waals surface area contributed by atoms with Gasteiger partial charge in [0.15, 0.2) is 5.69 Å². The number of aryl methyl sites for hydroxylation is 2. The molecule has 4 rings (SSSR count). The van der Waals surface area contributed by atoms with Crippen molar-refractivity contribution in [2.24, 2.45) is 10.2 Å². The van der Waals surface area contributed by atoms with E-state index in [0.717, 1.165) is 11.1 Å². The fraction of sp³-hybridized carbons (Fsp3) is 0.143. The standard InChI is InChI=1S/C21H18N4O3/c1-11-4-6-18-16(8-11)19(21(27)23-18)24-25-20(26)15-9-12(2)22-17-7-5-13(28-3)10-14(15)17/h4-10,23,27H,1-3H3. The van der Waals surface area contributed by atoms with Gasteiger partial charge in [0.05, 0.1) is 23.7 Å². The summed E-state index contributed by atoms with van der Waals surface area (Å²) >= 11 is 0. The molecular weight excluding hydrogens is 356 g/mol. The maximum atomic E-state index is 12.8. The minimum atomic E-state index is -0.523. The van der Waals surface area contributed by atoms with Gasteiger partial charge in [0.25, 0.3) is 5.91 Å². The molecule has 0 aliphatic rings. The number of azo groups is 1. The highest BCUT2D eigenvalue weighted by Crippen LogP contribution is 2.36. The van der Waals surface area contributed by atoms with Crippen LogP contribution in [0.4, 0.5) is 5.69 Å². The number of H-pyrrole nitrogens is 1. The fourth-order valence-corrected chi connectivity index (χ4v) is 3.17. The molecule has 0 spiro atoms. The van der Waals surface area contributed by atoms with Crippen molar-refractivity contribution in [3.8, 4) is 11.6 Å². The molecule has 2 N–H and O–H groups in total. The predicted molar refractivity (Wildman–Crippen MR) is 107 cm³/mol. The van der Waals surface area contributed by atoms with Gasteiger partial charge in [0.2, 0.25) is 5.88 Å². The molecule has 0 aliphatic heterocycles. The molecule has 0 aliphatic carbocycles. The Kier molecular flexibility index (Phi) is 4.27. The van der Waals surface area contributed by atoms with Crippen LogP contribution in [0.5, 0.6) is 11.6 Å². The number of methoxy groups -OCH3 is 1. The molecule has 140 valence electrons. The number of pyridine rings is 1. The van der Waals surface area contributed by atoms with E-state index >= 15 is 0 Å². The summed E-state index contributed by atoms with van der Waals surface area (Å²) < 4.78 is 5.25. The summed E-state index contributed by atoms with van der Waals surface area (Å²) in [6, 6.07) is 12.6. The van der Waals surface area contributed by atoms with Crippen molar-refractivity contribution in [1.29, 1.82) is 0 Å². The van der Waals surface area contributed by atoms with E-state index < -0.39 is 5.91 Å². The zero-order chi connectivity index (χ0) is 19.8. The average molecular weight is 374 g/mol. The molecule has 0 bridgehead atoms. The van der Waals surface area contributed by atoms with Crippen LogP contribution in [0.1, 0.15) is 21.6 Å². The molecule has 0 saturated carbocycles. The summed E-state index contributed by atoms with van der Waals surface area (Å²) in [6.45, 7) is 3.75. The van der Waals surface area contributed by atoms with Gasteiger partial charge in [0.1, 0.15) is 5.75 Å². The monoisotopic (exact) mass is 374 g/mol. The first-order chi connectivity index (χ1) is 13.5. The molecule has 7 heteroatoms. The number of rotatable bonds is 3. The number of hydrogen-bond acceptors (Lipinski definition) is 5. The van der Waals surface area contributed by atoms with E-state index in [0.29, 0.717) is 33.3 Å². The molecule has 2 heterocycles. The van der Waals surface area contributed by atoms with Crippen LogP contribution in [0.15, 0.2) is 52.7 Å². The van der Waals surface area contributed by atoms with E-state index in [2.05, 4.69) is 20.2 Å². The largest absolute Gasteiger partial charge is 0.497 e. The van der Waals surface area contributed by atoms with E-state index in [4.69, 9.17) is 4.74 Å². The number of aromatic nitrogens is 2. The summed E-state index contributed by atoms with van der Waals surface area (Å²) in [5.41, 5.74) is 3.71. The van der Waals surface area contributed by atoms with Crippen molar-refractivity contribution < 1.29 is 14.6 Å². The third-order valence-corrected chi connectivity index (χ3v) is 4.52. The fourth-order valence-electron chi connectivity index (χ4n) is 3.17. The van der Waals surface area contributed by atoms with Crippen LogP contribution in [0.3, 0.4) is 0 Å². The third-order valence-electron chi connectivity index (χ3n) is 4.52. The first-order valence-corrected chi connectivity index (χ1v) is 8.69. The molecule has 4 aromatic rings. The summed E-state index contributed by atoms with van der Waals surface area (Å²) in [6.07, 6.45) is 0. The number of ether oxygens (including phenoxy) is 1. The molecule has 7 nitrogen and oxygen atoms in total. The zero-order valence-corrected chi connectivity index (χ0v) is 15.6. The first-order valence-electron chi connectivity index (χ1n) is 8.69. The van der Waals surface area contributed by atoms with Gasteiger partial charge in [-0.25, -0.2) is 0 Å². The number of hydrogen-bond donors (Lipinski definition) is 2. The van der Waals surface area contributed by atoms with Crippen LogP contribution < -0.4 is 4.74 Å². The van der Waals surface area contributed by atoms with Crippen molar-refractivity contribution >= 4 is 33.4 Å². The Balaban J connectivity index is 1.79. The smallest absolute Gasteiger partial charge is 0.296 e. The normalized spacial score (nSPS) is 11.5. The lowest BCUT2D eigenvalue weighted by Gasteiger charge is -2.06. The predicted octanol–water partition coefficient (Wildman–Crippen LogP) is 4.97. The van der Waals surface area contributed by atoms with E-state index in [1.54, 1.807) is 31.4 Å². The van der Waals surface area contributed by atoms with Crippen LogP contribution in [0.25, 0.3) is 21.8 Å². The van der Waals surface area contributed by atoms with Crippen LogP contribution in [-0.2, 0) is 0 Å². The second-order valence-electron chi connectivity index (χ2n) is 6.57. The molecule has 0 radical (unpaired) electrons. The number of carbonyl (C=O) groups excluding carboxylic acids is 1. The Morgan fingerprint density at radius 1 is 1.11 bits per heavy atom. The highest BCUT2D eigenvalue weighted by atomic mass is 16.5. The topological polar surface area (TPSA) is 99.9 Å². The Morgan fingerprint density at radius 2 is 1.93 bits per heavy atom. The Bertz CT molecular complexity index is 1260. The molecule has 2 aromatic carbocycles.